The highest BCUT2D eigenvalue weighted by Gasteiger charge is 2.33. The predicted octanol–water partition coefficient (Wildman–Crippen LogP) is 2.89. The van der Waals surface area contributed by atoms with E-state index >= 15 is 0 Å². The van der Waals surface area contributed by atoms with Gasteiger partial charge < -0.3 is 11.1 Å². The van der Waals surface area contributed by atoms with Crippen LogP contribution in [0.1, 0.15) is 44.6 Å². The molecule has 3 atom stereocenters. The van der Waals surface area contributed by atoms with Crippen LogP contribution in [0.4, 0.5) is 0 Å². The van der Waals surface area contributed by atoms with Crippen molar-refractivity contribution in [3.8, 4) is 0 Å². The zero-order valence-corrected chi connectivity index (χ0v) is 13.1. The molecule has 1 aliphatic rings. The molecule has 0 heterocycles. The van der Waals surface area contributed by atoms with Crippen LogP contribution in [-0.2, 0) is 11.2 Å². The molecule has 1 saturated carbocycles. The molecule has 3 unspecified atom stereocenters. The summed E-state index contributed by atoms with van der Waals surface area (Å²) in [6, 6.07) is 10.6. The van der Waals surface area contributed by atoms with Crippen LogP contribution >= 0.6 is 0 Å². The lowest BCUT2D eigenvalue weighted by Crippen LogP contribution is -2.44. The SMILES string of the molecule is CCNC(=O)C(CCc1ccccc1)C1CCCCC1N. The summed E-state index contributed by atoms with van der Waals surface area (Å²) in [6.45, 7) is 2.68. The summed E-state index contributed by atoms with van der Waals surface area (Å²) in [5.74, 6) is 0.588. The summed E-state index contributed by atoms with van der Waals surface area (Å²) in [6.07, 6.45) is 6.42. The Bertz CT molecular complexity index is 432. The molecule has 3 N–H and O–H groups in total. The number of aryl methyl sites for hydroxylation is 1. The van der Waals surface area contributed by atoms with Gasteiger partial charge in [-0.15, -0.1) is 0 Å². The van der Waals surface area contributed by atoms with Gasteiger partial charge in [0.25, 0.3) is 0 Å². The van der Waals surface area contributed by atoms with Gasteiger partial charge in [-0.1, -0.05) is 43.2 Å². The van der Waals surface area contributed by atoms with Crippen molar-refractivity contribution in [2.45, 2.75) is 51.5 Å². The molecule has 3 heteroatoms. The molecular formula is C18H28N2O. The van der Waals surface area contributed by atoms with Crippen molar-refractivity contribution in [3.05, 3.63) is 35.9 Å². The minimum absolute atomic E-state index is 0.0560. The van der Waals surface area contributed by atoms with Crippen molar-refractivity contribution >= 4 is 5.91 Å². The molecule has 0 saturated heterocycles. The Morgan fingerprint density at radius 3 is 2.67 bits per heavy atom. The fourth-order valence-electron chi connectivity index (χ4n) is 3.50. The monoisotopic (exact) mass is 288 g/mol. The van der Waals surface area contributed by atoms with E-state index < -0.39 is 0 Å². The fourth-order valence-corrected chi connectivity index (χ4v) is 3.50. The molecule has 1 aliphatic carbocycles. The topological polar surface area (TPSA) is 55.1 Å². The molecule has 0 aliphatic heterocycles. The average Bonchev–Trinajstić information content (AvgIpc) is 2.50. The predicted molar refractivity (Wildman–Crippen MR) is 86.9 cm³/mol. The second-order valence-corrected chi connectivity index (χ2v) is 6.14. The first-order valence-electron chi connectivity index (χ1n) is 8.29. The maximum Gasteiger partial charge on any atom is 0.223 e. The third-order valence-electron chi connectivity index (χ3n) is 4.67. The summed E-state index contributed by atoms with van der Waals surface area (Å²) in [4.78, 5) is 12.4. The van der Waals surface area contributed by atoms with Crippen LogP contribution in [0.15, 0.2) is 30.3 Å². The van der Waals surface area contributed by atoms with E-state index in [9.17, 15) is 4.79 Å². The van der Waals surface area contributed by atoms with E-state index in [0.29, 0.717) is 12.5 Å². The summed E-state index contributed by atoms with van der Waals surface area (Å²) < 4.78 is 0. The van der Waals surface area contributed by atoms with Crippen molar-refractivity contribution in [1.82, 2.24) is 5.32 Å². The van der Waals surface area contributed by atoms with Gasteiger partial charge in [0.05, 0.1) is 0 Å². The number of hydrogen-bond acceptors (Lipinski definition) is 2. The third-order valence-corrected chi connectivity index (χ3v) is 4.67. The van der Waals surface area contributed by atoms with Crippen LogP contribution in [0.25, 0.3) is 0 Å². The van der Waals surface area contributed by atoms with E-state index in [1.807, 2.05) is 13.0 Å². The second kappa shape index (κ2) is 8.18. The molecule has 1 amide bonds. The van der Waals surface area contributed by atoms with Crippen molar-refractivity contribution < 1.29 is 4.79 Å². The Labute approximate surface area is 128 Å². The van der Waals surface area contributed by atoms with Crippen LogP contribution < -0.4 is 11.1 Å². The minimum atomic E-state index is 0.0560. The Balaban J connectivity index is 2.02. The number of amides is 1. The van der Waals surface area contributed by atoms with E-state index in [4.69, 9.17) is 5.73 Å². The Kier molecular flexibility index (Phi) is 6.24. The number of carbonyl (C=O) groups excluding carboxylic acids is 1. The minimum Gasteiger partial charge on any atom is -0.356 e. The molecule has 1 fully saturated rings. The number of hydrogen-bond donors (Lipinski definition) is 2. The lowest BCUT2D eigenvalue weighted by Gasteiger charge is -2.34. The zero-order chi connectivity index (χ0) is 15.1. The van der Waals surface area contributed by atoms with Gasteiger partial charge in [-0.3, -0.25) is 4.79 Å². The quantitative estimate of drug-likeness (QED) is 0.845. The van der Waals surface area contributed by atoms with Gasteiger partial charge >= 0.3 is 0 Å². The molecule has 0 radical (unpaired) electrons. The highest BCUT2D eigenvalue weighted by atomic mass is 16.1. The summed E-state index contributed by atoms with van der Waals surface area (Å²) in [5.41, 5.74) is 7.60. The number of carbonyl (C=O) groups is 1. The second-order valence-electron chi connectivity index (χ2n) is 6.14. The van der Waals surface area contributed by atoms with Gasteiger partial charge in [-0.05, 0) is 44.1 Å². The Morgan fingerprint density at radius 2 is 2.00 bits per heavy atom. The number of nitrogens with one attached hydrogen (secondary N) is 1. The molecule has 3 nitrogen and oxygen atoms in total. The van der Waals surface area contributed by atoms with Crippen molar-refractivity contribution in [2.75, 3.05) is 6.54 Å². The Morgan fingerprint density at radius 1 is 1.29 bits per heavy atom. The van der Waals surface area contributed by atoms with Gasteiger partial charge in [-0.2, -0.15) is 0 Å². The molecule has 2 rings (SSSR count). The van der Waals surface area contributed by atoms with Crippen molar-refractivity contribution in [1.29, 1.82) is 0 Å². The molecule has 21 heavy (non-hydrogen) atoms. The molecule has 0 aromatic heterocycles. The molecule has 116 valence electrons. The normalized spacial score (nSPS) is 23.5. The van der Waals surface area contributed by atoms with Crippen LogP contribution in [0.2, 0.25) is 0 Å². The summed E-state index contributed by atoms with van der Waals surface area (Å²) >= 11 is 0. The zero-order valence-electron chi connectivity index (χ0n) is 13.1. The highest BCUT2D eigenvalue weighted by Crippen LogP contribution is 2.32. The van der Waals surface area contributed by atoms with Crippen molar-refractivity contribution in [2.24, 2.45) is 17.6 Å². The molecule has 1 aromatic carbocycles. The fraction of sp³-hybridized carbons (Fsp3) is 0.611. The average molecular weight is 288 g/mol. The van der Waals surface area contributed by atoms with Gasteiger partial charge in [0.1, 0.15) is 0 Å². The van der Waals surface area contributed by atoms with Crippen LogP contribution in [0.3, 0.4) is 0 Å². The van der Waals surface area contributed by atoms with E-state index in [1.54, 1.807) is 0 Å². The third kappa shape index (κ3) is 4.57. The number of nitrogens with two attached hydrogens (primary N) is 1. The highest BCUT2D eigenvalue weighted by molar-refractivity contribution is 5.79. The maximum absolute atomic E-state index is 12.4. The molecular weight excluding hydrogens is 260 g/mol. The van der Waals surface area contributed by atoms with Gasteiger partial charge in [0, 0.05) is 18.5 Å². The van der Waals surface area contributed by atoms with Crippen LogP contribution in [-0.4, -0.2) is 18.5 Å². The first kappa shape index (κ1) is 16.0. The molecule has 0 bridgehead atoms. The van der Waals surface area contributed by atoms with E-state index in [-0.39, 0.29) is 17.9 Å². The maximum atomic E-state index is 12.4. The Hall–Kier alpha value is -1.35. The first-order chi connectivity index (χ1) is 10.2. The van der Waals surface area contributed by atoms with Gasteiger partial charge in [0.15, 0.2) is 0 Å². The van der Waals surface area contributed by atoms with Gasteiger partial charge in [0.2, 0.25) is 5.91 Å². The van der Waals surface area contributed by atoms with Crippen molar-refractivity contribution in [3.63, 3.8) is 0 Å². The lowest BCUT2D eigenvalue weighted by molar-refractivity contribution is -0.127. The summed E-state index contributed by atoms with van der Waals surface area (Å²) in [7, 11) is 0. The smallest absolute Gasteiger partial charge is 0.223 e. The van der Waals surface area contributed by atoms with Gasteiger partial charge in [-0.25, -0.2) is 0 Å². The number of benzene rings is 1. The molecule has 1 aromatic rings. The van der Waals surface area contributed by atoms with E-state index in [2.05, 4.69) is 29.6 Å². The van der Waals surface area contributed by atoms with E-state index in [1.165, 1.54) is 18.4 Å². The lowest BCUT2D eigenvalue weighted by atomic mass is 9.74. The number of rotatable bonds is 6. The molecule has 0 spiro atoms. The van der Waals surface area contributed by atoms with E-state index in [0.717, 1.165) is 25.7 Å². The first-order valence-corrected chi connectivity index (χ1v) is 8.29. The van der Waals surface area contributed by atoms with Crippen LogP contribution in [0, 0.1) is 11.8 Å². The summed E-state index contributed by atoms with van der Waals surface area (Å²) in [5, 5.41) is 3.01. The largest absolute Gasteiger partial charge is 0.356 e. The standard InChI is InChI=1S/C18H28N2O/c1-2-20-18(21)16(15-10-6-7-11-17(15)19)13-12-14-8-4-3-5-9-14/h3-5,8-9,15-17H,2,6-7,10-13,19H2,1H3,(H,20,21). The van der Waals surface area contributed by atoms with Crippen LogP contribution in [0.5, 0.6) is 0 Å².